The van der Waals surface area contributed by atoms with Gasteiger partial charge in [0.25, 0.3) is 10.0 Å². The second-order valence-electron chi connectivity index (χ2n) is 6.55. The molecule has 2 aliphatic heterocycles. The Morgan fingerprint density at radius 1 is 1.07 bits per heavy atom. The molecule has 0 spiro atoms. The molecule has 0 aromatic heterocycles. The van der Waals surface area contributed by atoms with Crippen molar-refractivity contribution in [3.63, 3.8) is 0 Å². The van der Waals surface area contributed by atoms with Crippen LogP contribution in [0.2, 0.25) is 5.02 Å². The first kappa shape index (κ1) is 20.3. The average molecular weight is 448 g/mol. The quantitative estimate of drug-likeness (QED) is 0.663. The van der Waals surface area contributed by atoms with Gasteiger partial charge in [-0.2, -0.15) is 5.26 Å². The molecule has 2 aromatic rings. The fourth-order valence-electron chi connectivity index (χ4n) is 3.33. The van der Waals surface area contributed by atoms with Crippen LogP contribution in [0.15, 0.2) is 70.1 Å². The molecule has 2 aromatic carbocycles. The second-order valence-corrected chi connectivity index (χ2v) is 9.99. The zero-order valence-corrected chi connectivity index (χ0v) is 17.8. The molecule has 1 saturated heterocycles. The fourth-order valence-corrected chi connectivity index (χ4v) is 6.57. The maximum absolute atomic E-state index is 13.5. The molecule has 1 unspecified atom stereocenters. The molecule has 0 N–H and O–H groups in total. The summed E-state index contributed by atoms with van der Waals surface area (Å²) in [5.41, 5.74) is 1.18. The molecule has 6 nitrogen and oxygen atoms in total. The van der Waals surface area contributed by atoms with E-state index < -0.39 is 16.1 Å². The maximum Gasteiger partial charge on any atom is 0.253 e. The summed E-state index contributed by atoms with van der Waals surface area (Å²) < 4.78 is 33.7. The van der Waals surface area contributed by atoms with Gasteiger partial charge in [-0.05, 0) is 41.8 Å². The number of hydrogen-bond donors (Lipinski definition) is 0. The molecule has 2 aliphatic rings. The topological polar surface area (TPSA) is 73.6 Å². The lowest BCUT2D eigenvalue weighted by molar-refractivity contribution is 0.0574. The van der Waals surface area contributed by atoms with Gasteiger partial charge in [-0.15, -0.1) is 3.71 Å². The molecule has 1 atom stereocenters. The van der Waals surface area contributed by atoms with Gasteiger partial charge in [0.05, 0.1) is 35.8 Å². The van der Waals surface area contributed by atoms with E-state index in [1.54, 1.807) is 12.1 Å². The van der Waals surface area contributed by atoms with Crippen molar-refractivity contribution in [3.05, 3.63) is 75.8 Å². The van der Waals surface area contributed by atoms with Crippen molar-refractivity contribution in [2.75, 3.05) is 26.3 Å². The normalized spacial score (nSPS) is 20.7. The fraction of sp³-hybridized carbons (Fsp3) is 0.250. The monoisotopic (exact) mass is 447 g/mol. The first-order valence-electron chi connectivity index (χ1n) is 9.02. The predicted octanol–water partition coefficient (Wildman–Crippen LogP) is 3.80. The van der Waals surface area contributed by atoms with Crippen LogP contribution in [0.5, 0.6) is 0 Å². The SMILES string of the molecule is N#CC1=C(N2CCOCC2)SN(S(=O)(=O)c2ccc(Cl)cc2)C1c1ccccc1. The Hall–Kier alpha value is -2.02. The number of benzene rings is 2. The molecule has 2 heterocycles. The van der Waals surface area contributed by atoms with Crippen molar-refractivity contribution in [2.24, 2.45) is 0 Å². The molecule has 9 heteroatoms. The van der Waals surface area contributed by atoms with Gasteiger partial charge in [0, 0.05) is 18.1 Å². The van der Waals surface area contributed by atoms with Crippen LogP contribution in [0.3, 0.4) is 0 Å². The van der Waals surface area contributed by atoms with Crippen LogP contribution < -0.4 is 0 Å². The lowest BCUT2D eigenvalue weighted by atomic mass is 10.0. The molecule has 1 fully saturated rings. The van der Waals surface area contributed by atoms with Crippen LogP contribution >= 0.6 is 23.5 Å². The Morgan fingerprint density at radius 2 is 1.72 bits per heavy atom. The summed E-state index contributed by atoms with van der Waals surface area (Å²) in [4.78, 5) is 2.16. The number of halogens is 1. The Kier molecular flexibility index (Phi) is 5.86. The summed E-state index contributed by atoms with van der Waals surface area (Å²) in [5, 5.41) is 11.1. The molecular weight excluding hydrogens is 430 g/mol. The molecule has 0 amide bonds. The molecular formula is C20H18ClN3O3S2. The second kappa shape index (κ2) is 8.38. The number of nitrogens with zero attached hydrogens (tertiary/aromatic N) is 3. The van der Waals surface area contributed by atoms with Crippen LogP contribution in [0.4, 0.5) is 0 Å². The number of ether oxygens (including phenoxy) is 1. The van der Waals surface area contributed by atoms with Crippen LogP contribution in [0.25, 0.3) is 0 Å². The van der Waals surface area contributed by atoms with E-state index in [4.69, 9.17) is 16.3 Å². The largest absolute Gasteiger partial charge is 0.378 e. The minimum absolute atomic E-state index is 0.135. The number of morpholine rings is 1. The van der Waals surface area contributed by atoms with E-state index in [2.05, 4.69) is 6.07 Å². The molecule has 0 aliphatic carbocycles. The van der Waals surface area contributed by atoms with Crippen LogP contribution in [-0.2, 0) is 14.8 Å². The first-order chi connectivity index (χ1) is 14.0. The highest BCUT2D eigenvalue weighted by Crippen LogP contribution is 2.50. The molecule has 4 rings (SSSR count). The third kappa shape index (κ3) is 3.89. The maximum atomic E-state index is 13.5. The lowest BCUT2D eigenvalue weighted by Gasteiger charge is -2.29. The van der Waals surface area contributed by atoms with E-state index in [0.717, 1.165) is 17.5 Å². The van der Waals surface area contributed by atoms with Gasteiger partial charge in [0.15, 0.2) is 0 Å². The molecule has 150 valence electrons. The van der Waals surface area contributed by atoms with Crippen molar-refractivity contribution < 1.29 is 13.2 Å². The lowest BCUT2D eigenvalue weighted by Crippen LogP contribution is -2.35. The van der Waals surface area contributed by atoms with Crippen LogP contribution in [0, 0.1) is 11.3 Å². The molecule has 0 radical (unpaired) electrons. The minimum Gasteiger partial charge on any atom is -0.378 e. The summed E-state index contributed by atoms with van der Waals surface area (Å²) in [6.45, 7) is 2.32. The Balaban J connectivity index is 1.81. The Bertz CT molecular complexity index is 1060. The predicted molar refractivity (Wildman–Crippen MR) is 112 cm³/mol. The third-order valence-corrected chi connectivity index (χ3v) is 8.43. The van der Waals surface area contributed by atoms with Gasteiger partial charge in [-0.3, -0.25) is 0 Å². The van der Waals surface area contributed by atoms with Crippen LogP contribution in [0.1, 0.15) is 11.6 Å². The summed E-state index contributed by atoms with van der Waals surface area (Å²) in [5.74, 6) is 0. The minimum atomic E-state index is -3.88. The van der Waals surface area contributed by atoms with Crippen molar-refractivity contribution in [1.29, 1.82) is 5.26 Å². The van der Waals surface area contributed by atoms with Crippen molar-refractivity contribution in [1.82, 2.24) is 8.61 Å². The average Bonchev–Trinajstić information content (AvgIpc) is 3.16. The molecule has 0 bridgehead atoms. The third-order valence-electron chi connectivity index (χ3n) is 4.77. The number of hydrogen-bond acceptors (Lipinski definition) is 6. The van der Waals surface area contributed by atoms with Gasteiger partial charge in [-0.25, -0.2) is 8.42 Å². The number of nitriles is 1. The summed E-state index contributed by atoms with van der Waals surface area (Å²) >= 11 is 7.03. The summed E-state index contributed by atoms with van der Waals surface area (Å²) in [7, 11) is -3.88. The van der Waals surface area contributed by atoms with Gasteiger partial charge >= 0.3 is 0 Å². The molecule has 0 saturated carbocycles. The van der Waals surface area contributed by atoms with E-state index in [9.17, 15) is 13.7 Å². The zero-order valence-electron chi connectivity index (χ0n) is 15.4. The first-order valence-corrected chi connectivity index (χ1v) is 11.6. The van der Waals surface area contributed by atoms with Crippen molar-refractivity contribution in [2.45, 2.75) is 10.9 Å². The van der Waals surface area contributed by atoms with Gasteiger partial charge < -0.3 is 9.64 Å². The van der Waals surface area contributed by atoms with E-state index in [0.29, 0.717) is 41.9 Å². The zero-order chi connectivity index (χ0) is 20.4. The Labute approximate surface area is 179 Å². The van der Waals surface area contributed by atoms with E-state index in [1.165, 1.54) is 15.8 Å². The highest BCUT2D eigenvalue weighted by molar-refractivity contribution is 8.11. The van der Waals surface area contributed by atoms with E-state index in [1.807, 2.05) is 35.2 Å². The van der Waals surface area contributed by atoms with Gasteiger partial charge in [-0.1, -0.05) is 41.9 Å². The smallest absolute Gasteiger partial charge is 0.253 e. The van der Waals surface area contributed by atoms with E-state index >= 15 is 0 Å². The summed E-state index contributed by atoms with van der Waals surface area (Å²) in [6, 6.07) is 16.9. The highest BCUT2D eigenvalue weighted by Gasteiger charge is 2.44. The van der Waals surface area contributed by atoms with Crippen molar-refractivity contribution >= 4 is 33.6 Å². The number of sulfonamides is 1. The number of rotatable bonds is 4. The van der Waals surface area contributed by atoms with Crippen LogP contribution in [-0.4, -0.2) is 43.3 Å². The standard InChI is InChI=1S/C20H18ClN3O3S2/c21-16-6-8-17(9-7-16)29(25,26)24-19(15-4-2-1-3-5-15)18(14-22)20(28-24)23-10-12-27-13-11-23/h1-9,19H,10-13H2. The summed E-state index contributed by atoms with van der Waals surface area (Å²) in [6.07, 6.45) is 0. The van der Waals surface area contributed by atoms with Crippen molar-refractivity contribution in [3.8, 4) is 6.07 Å². The van der Waals surface area contributed by atoms with Gasteiger partial charge in [0.1, 0.15) is 5.03 Å². The Morgan fingerprint density at radius 3 is 2.34 bits per heavy atom. The van der Waals surface area contributed by atoms with Gasteiger partial charge in [0.2, 0.25) is 0 Å². The highest BCUT2D eigenvalue weighted by atomic mass is 35.5. The van der Waals surface area contributed by atoms with E-state index in [-0.39, 0.29) is 4.90 Å². The molecule has 29 heavy (non-hydrogen) atoms.